The first-order valence-corrected chi connectivity index (χ1v) is 8.20. The van der Waals surface area contributed by atoms with Crippen LogP contribution in [0.15, 0.2) is 23.4 Å². The molecule has 9 nitrogen and oxygen atoms in total. The van der Waals surface area contributed by atoms with Crippen molar-refractivity contribution in [3.63, 3.8) is 0 Å². The number of aromatic nitrogens is 3. The molecule has 2 rings (SSSR count). The number of ether oxygens (including phenoxy) is 2. The molecule has 134 valence electrons. The molecule has 0 saturated heterocycles. The van der Waals surface area contributed by atoms with Crippen LogP contribution in [0.4, 0.5) is 4.79 Å². The number of benzene rings is 1. The highest BCUT2D eigenvalue weighted by atomic mass is 32.2. The van der Waals surface area contributed by atoms with Crippen LogP contribution in [0.2, 0.25) is 0 Å². The van der Waals surface area contributed by atoms with Gasteiger partial charge < -0.3 is 14.8 Å². The number of carbonyl (C=O) groups is 2. The second kappa shape index (κ2) is 8.38. The Balaban J connectivity index is 2.12. The van der Waals surface area contributed by atoms with Gasteiger partial charge in [0, 0.05) is 13.1 Å². The van der Waals surface area contributed by atoms with Crippen molar-refractivity contribution in [1.82, 2.24) is 25.8 Å². The molecule has 3 N–H and O–H groups in total. The topological polar surface area (TPSA) is 118 Å². The molecule has 25 heavy (non-hydrogen) atoms. The van der Waals surface area contributed by atoms with Gasteiger partial charge in [-0.2, -0.15) is 0 Å². The van der Waals surface area contributed by atoms with E-state index in [1.165, 1.54) is 7.05 Å². The van der Waals surface area contributed by atoms with E-state index >= 15 is 0 Å². The predicted octanol–water partition coefficient (Wildman–Crippen LogP) is 1.43. The molecule has 0 spiro atoms. The zero-order chi connectivity index (χ0) is 18.4. The summed E-state index contributed by atoms with van der Waals surface area (Å²) in [7, 11) is 4.56. The van der Waals surface area contributed by atoms with Gasteiger partial charge in [0.2, 0.25) is 11.1 Å². The van der Waals surface area contributed by atoms with Gasteiger partial charge in [0.1, 0.15) is 11.5 Å². The first-order valence-electron chi connectivity index (χ1n) is 7.32. The van der Waals surface area contributed by atoms with Crippen LogP contribution in [0.1, 0.15) is 6.92 Å². The smallest absolute Gasteiger partial charge is 0.321 e. The van der Waals surface area contributed by atoms with Gasteiger partial charge in [-0.15, -0.1) is 5.10 Å². The number of thioether (sulfide) groups is 1. The molecule has 0 bridgehead atoms. The van der Waals surface area contributed by atoms with Crippen molar-refractivity contribution in [2.75, 3.05) is 21.3 Å². The molecule has 0 aliphatic carbocycles. The summed E-state index contributed by atoms with van der Waals surface area (Å²) in [5.74, 6) is 1.31. The number of aromatic amines is 1. The summed E-state index contributed by atoms with van der Waals surface area (Å²) in [6.45, 7) is 1.66. The van der Waals surface area contributed by atoms with Crippen LogP contribution < -0.4 is 20.1 Å². The van der Waals surface area contributed by atoms with Crippen molar-refractivity contribution in [3.8, 4) is 22.9 Å². The summed E-state index contributed by atoms with van der Waals surface area (Å²) in [5.41, 5.74) is 0.713. The maximum Gasteiger partial charge on any atom is 0.321 e. The summed E-state index contributed by atoms with van der Waals surface area (Å²) in [6, 6.07) is 4.77. The Morgan fingerprint density at radius 2 is 2.04 bits per heavy atom. The summed E-state index contributed by atoms with van der Waals surface area (Å²) < 4.78 is 10.5. The number of rotatable bonds is 6. The van der Waals surface area contributed by atoms with Crippen molar-refractivity contribution in [3.05, 3.63) is 18.2 Å². The molecule has 0 saturated carbocycles. The number of nitrogens with one attached hydrogen (secondary N) is 3. The SMILES string of the molecule is CNC(=O)NC(=O)[C@H](C)Sc1n[nH]c(-c2ccc(OC)cc2OC)n1. The molecule has 0 aliphatic rings. The van der Waals surface area contributed by atoms with Gasteiger partial charge >= 0.3 is 6.03 Å². The number of carbonyl (C=O) groups excluding carboxylic acids is 2. The molecule has 1 aromatic heterocycles. The molecule has 0 unspecified atom stereocenters. The molecule has 0 radical (unpaired) electrons. The summed E-state index contributed by atoms with van der Waals surface area (Å²) >= 11 is 1.13. The van der Waals surface area contributed by atoms with E-state index in [1.807, 2.05) is 0 Å². The summed E-state index contributed by atoms with van der Waals surface area (Å²) in [4.78, 5) is 27.4. The van der Waals surface area contributed by atoms with E-state index in [4.69, 9.17) is 9.47 Å². The third-order valence-corrected chi connectivity index (χ3v) is 4.20. The van der Waals surface area contributed by atoms with Crippen LogP contribution in [0, 0.1) is 0 Å². The van der Waals surface area contributed by atoms with E-state index in [0.29, 0.717) is 28.0 Å². The van der Waals surface area contributed by atoms with Gasteiger partial charge in [-0.05, 0) is 19.1 Å². The van der Waals surface area contributed by atoms with Crippen molar-refractivity contribution in [2.24, 2.45) is 0 Å². The Bertz CT molecular complexity index is 764. The highest BCUT2D eigenvalue weighted by Gasteiger charge is 2.20. The van der Waals surface area contributed by atoms with E-state index in [2.05, 4.69) is 25.8 Å². The van der Waals surface area contributed by atoms with E-state index in [9.17, 15) is 9.59 Å². The third-order valence-electron chi connectivity index (χ3n) is 3.24. The fourth-order valence-corrected chi connectivity index (χ4v) is 2.63. The first-order chi connectivity index (χ1) is 12.0. The molecule has 2 aromatic rings. The van der Waals surface area contributed by atoms with E-state index in [1.54, 1.807) is 39.3 Å². The standard InChI is InChI=1S/C15H19N5O4S/c1-8(13(21)18-14(22)16-2)25-15-17-12(19-20-15)10-6-5-9(23-3)7-11(10)24-4/h5-8H,1-4H3,(H,17,19,20)(H2,16,18,21,22)/t8-/m0/s1. The fourth-order valence-electron chi connectivity index (χ4n) is 1.90. The number of methoxy groups -OCH3 is 2. The van der Waals surface area contributed by atoms with Crippen LogP contribution in [0.25, 0.3) is 11.4 Å². The maximum absolute atomic E-state index is 11.9. The van der Waals surface area contributed by atoms with Crippen LogP contribution in [-0.2, 0) is 4.79 Å². The molecule has 1 atom stereocenters. The Kier molecular flexibility index (Phi) is 6.23. The minimum absolute atomic E-state index is 0.382. The lowest BCUT2D eigenvalue weighted by atomic mass is 10.2. The van der Waals surface area contributed by atoms with Crippen LogP contribution in [0.3, 0.4) is 0 Å². The van der Waals surface area contributed by atoms with Crippen molar-refractivity contribution in [2.45, 2.75) is 17.3 Å². The Hall–Kier alpha value is -2.75. The van der Waals surface area contributed by atoms with Crippen LogP contribution in [0.5, 0.6) is 11.5 Å². The highest BCUT2D eigenvalue weighted by molar-refractivity contribution is 8.00. The number of nitrogens with zero attached hydrogens (tertiary/aromatic N) is 2. The Morgan fingerprint density at radius 1 is 1.28 bits per heavy atom. The molecule has 10 heteroatoms. The average molecular weight is 365 g/mol. The summed E-state index contributed by atoms with van der Waals surface area (Å²) in [6.07, 6.45) is 0. The second-order valence-corrected chi connectivity index (χ2v) is 6.17. The Labute approximate surface area is 148 Å². The largest absolute Gasteiger partial charge is 0.497 e. The molecular formula is C15H19N5O4S. The fraction of sp³-hybridized carbons (Fsp3) is 0.333. The number of amides is 3. The average Bonchev–Trinajstić information content (AvgIpc) is 3.08. The molecular weight excluding hydrogens is 346 g/mol. The number of urea groups is 1. The maximum atomic E-state index is 11.9. The van der Waals surface area contributed by atoms with Gasteiger partial charge in [-0.1, -0.05) is 11.8 Å². The molecule has 3 amide bonds. The summed E-state index contributed by atoms with van der Waals surface area (Å²) in [5, 5.41) is 11.3. The van der Waals surface area contributed by atoms with Crippen molar-refractivity contribution >= 4 is 23.7 Å². The normalized spacial score (nSPS) is 11.5. The van der Waals surface area contributed by atoms with E-state index in [0.717, 1.165) is 11.8 Å². The van der Waals surface area contributed by atoms with Gasteiger partial charge in [-0.25, -0.2) is 9.78 Å². The molecule has 0 aliphatic heterocycles. The zero-order valence-corrected chi connectivity index (χ0v) is 15.1. The lowest BCUT2D eigenvalue weighted by Crippen LogP contribution is -2.41. The predicted molar refractivity (Wildman–Crippen MR) is 92.8 cm³/mol. The van der Waals surface area contributed by atoms with Gasteiger partial charge in [0.05, 0.1) is 25.0 Å². The van der Waals surface area contributed by atoms with Gasteiger partial charge in [0.25, 0.3) is 0 Å². The Morgan fingerprint density at radius 3 is 2.68 bits per heavy atom. The highest BCUT2D eigenvalue weighted by Crippen LogP contribution is 2.32. The lowest BCUT2D eigenvalue weighted by molar-refractivity contribution is -0.119. The number of H-pyrrole nitrogens is 1. The van der Waals surface area contributed by atoms with Gasteiger partial charge in [0.15, 0.2) is 5.82 Å². The van der Waals surface area contributed by atoms with Crippen LogP contribution >= 0.6 is 11.8 Å². The molecule has 0 fully saturated rings. The quantitative estimate of drug-likeness (QED) is 0.663. The third kappa shape index (κ3) is 4.63. The number of hydrogen-bond acceptors (Lipinski definition) is 7. The van der Waals surface area contributed by atoms with Crippen molar-refractivity contribution in [1.29, 1.82) is 0 Å². The van der Waals surface area contributed by atoms with Crippen LogP contribution in [-0.4, -0.2) is 53.6 Å². The lowest BCUT2D eigenvalue weighted by Gasteiger charge is -2.08. The minimum Gasteiger partial charge on any atom is -0.497 e. The van der Waals surface area contributed by atoms with E-state index in [-0.39, 0.29) is 0 Å². The van der Waals surface area contributed by atoms with E-state index < -0.39 is 17.2 Å². The van der Waals surface area contributed by atoms with Gasteiger partial charge in [-0.3, -0.25) is 15.2 Å². The second-order valence-electron chi connectivity index (χ2n) is 4.86. The number of hydrogen-bond donors (Lipinski definition) is 3. The van der Waals surface area contributed by atoms with Crippen molar-refractivity contribution < 1.29 is 19.1 Å². The molecule has 1 aromatic carbocycles. The first kappa shape index (κ1) is 18.6. The zero-order valence-electron chi connectivity index (χ0n) is 14.2. The number of imide groups is 1. The minimum atomic E-state index is -0.559. The monoisotopic (exact) mass is 365 g/mol. The molecule has 1 heterocycles.